The molecule has 0 fully saturated rings. The first-order valence-electron chi connectivity index (χ1n) is 7.25. The van der Waals surface area contributed by atoms with Gasteiger partial charge in [0.05, 0.1) is 0 Å². The summed E-state index contributed by atoms with van der Waals surface area (Å²) in [5.74, 6) is 1.05. The van der Waals surface area contributed by atoms with Crippen LogP contribution in [-0.2, 0) is 4.74 Å². The molecule has 1 rings (SSSR count). The molecule has 120 valence electrons. The van der Waals surface area contributed by atoms with Crippen LogP contribution in [0.3, 0.4) is 0 Å². The highest BCUT2D eigenvalue weighted by Crippen LogP contribution is 2.24. The predicted molar refractivity (Wildman–Crippen MR) is 85.0 cm³/mol. The van der Waals surface area contributed by atoms with E-state index >= 15 is 0 Å². The molecule has 1 aromatic carbocycles. The standard InChI is InChI=1S/C15H22O4.C2H6/c1-14(2,3)18-12-9-7-8-11(10-12)17-13(16)19-15(4,5)6;1-2/h7-10H,1-6H3;1-2H3. The van der Waals surface area contributed by atoms with Crippen LogP contribution in [0.15, 0.2) is 24.3 Å². The molecule has 1 aromatic rings. The molecule has 0 aromatic heterocycles. The number of carbonyl (C=O) groups is 1. The molecular formula is C17H28O4. The third-order valence-electron chi connectivity index (χ3n) is 1.82. The predicted octanol–water partition coefficient (Wildman–Crippen LogP) is 5.20. The minimum absolute atomic E-state index is 0.301. The summed E-state index contributed by atoms with van der Waals surface area (Å²) in [6.07, 6.45) is -0.722. The van der Waals surface area contributed by atoms with Crippen molar-refractivity contribution in [1.29, 1.82) is 0 Å². The molecule has 0 unspecified atom stereocenters. The fourth-order valence-electron chi connectivity index (χ4n) is 1.32. The molecule has 0 N–H and O–H groups in total. The minimum Gasteiger partial charge on any atom is -0.488 e. The first-order valence-corrected chi connectivity index (χ1v) is 7.25. The van der Waals surface area contributed by atoms with Crippen molar-refractivity contribution in [3.8, 4) is 11.5 Å². The maximum atomic E-state index is 11.5. The van der Waals surface area contributed by atoms with Gasteiger partial charge in [-0.1, -0.05) is 19.9 Å². The van der Waals surface area contributed by atoms with E-state index in [-0.39, 0.29) is 5.60 Å². The first kappa shape index (κ1) is 19.3. The zero-order chi connectivity index (χ0) is 16.7. The van der Waals surface area contributed by atoms with Crippen LogP contribution in [0.4, 0.5) is 4.79 Å². The van der Waals surface area contributed by atoms with Crippen molar-refractivity contribution in [1.82, 2.24) is 0 Å². The molecule has 4 nitrogen and oxygen atoms in total. The molecule has 0 radical (unpaired) electrons. The summed E-state index contributed by atoms with van der Waals surface area (Å²) in [7, 11) is 0. The first-order chi connectivity index (χ1) is 9.55. The molecule has 0 aliphatic carbocycles. The summed E-state index contributed by atoms with van der Waals surface area (Å²) in [5.41, 5.74) is -0.874. The molecule has 0 heterocycles. The Bertz CT molecular complexity index is 439. The fraction of sp³-hybridized carbons (Fsp3) is 0.588. The lowest BCUT2D eigenvalue weighted by Crippen LogP contribution is -2.26. The molecule has 0 aliphatic rings. The topological polar surface area (TPSA) is 44.8 Å². The zero-order valence-corrected chi connectivity index (χ0v) is 14.4. The van der Waals surface area contributed by atoms with Crippen molar-refractivity contribution in [3.63, 3.8) is 0 Å². The highest BCUT2D eigenvalue weighted by molar-refractivity contribution is 5.64. The van der Waals surface area contributed by atoms with Gasteiger partial charge < -0.3 is 14.2 Å². The number of ether oxygens (including phenoxy) is 3. The molecule has 0 saturated carbocycles. The van der Waals surface area contributed by atoms with Gasteiger partial charge in [-0.05, 0) is 53.7 Å². The molecule has 0 aliphatic heterocycles. The van der Waals surface area contributed by atoms with Crippen LogP contribution in [-0.4, -0.2) is 17.4 Å². The van der Waals surface area contributed by atoms with Crippen molar-refractivity contribution >= 4 is 6.16 Å². The van der Waals surface area contributed by atoms with Crippen LogP contribution >= 0.6 is 0 Å². The minimum atomic E-state index is -0.722. The molecule has 0 bridgehead atoms. The number of rotatable bonds is 2. The maximum absolute atomic E-state index is 11.5. The Morgan fingerprint density at radius 1 is 0.905 bits per heavy atom. The van der Waals surface area contributed by atoms with E-state index in [1.807, 2.05) is 40.7 Å². The van der Waals surface area contributed by atoms with Crippen LogP contribution in [0.1, 0.15) is 55.4 Å². The van der Waals surface area contributed by atoms with Gasteiger partial charge in [-0.25, -0.2) is 4.79 Å². The molecule has 0 amide bonds. The van der Waals surface area contributed by atoms with Crippen molar-refractivity contribution in [2.75, 3.05) is 0 Å². The summed E-state index contributed by atoms with van der Waals surface area (Å²) >= 11 is 0. The van der Waals surface area contributed by atoms with E-state index in [2.05, 4.69) is 0 Å². The van der Waals surface area contributed by atoms with E-state index in [9.17, 15) is 4.79 Å². The van der Waals surface area contributed by atoms with Crippen LogP contribution in [0, 0.1) is 0 Å². The van der Waals surface area contributed by atoms with Crippen molar-refractivity contribution in [3.05, 3.63) is 24.3 Å². The molecule has 0 spiro atoms. The van der Waals surface area contributed by atoms with E-state index < -0.39 is 11.8 Å². The van der Waals surface area contributed by atoms with Crippen LogP contribution in [0.5, 0.6) is 11.5 Å². The smallest absolute Gasteiger partial charge is 0.488 e. The van der Waals surface area contributed by atoms with Gasteiger partial charge in [0.1, 0.15) is 22.7 Å². The van der Waals surface area contributed by atoms with Gasteiger partial charge in [0.15, 0.2) is 0 Å². The number of benzene rings is 1. The van der Waals surface area contributed by atoms with Gasteiger partial charge in [-0.15, -0.1) is 0 Å². The Morgan fingerprint density at radius 2 is 1.43 bits per heavy atom. The highest BCUT2D eigenvalue weighted by atomic mass is 16.7. The van der Waals surface area contributed by atoms with Crippen molar-refractivity contribution in [2.24, 2.45) is 0 Å². The van der Waals surface area contributed by atoms with Gasteiger partial charge in [-0.3, -0.25) is 0 Å². The zero-order valence-electron chi connectivity index (χ0n) is 14.4. The average molecular weight is 296 g/mol. The summed E-state index contributed by atoms with van der Waals surface area (Å²) in [4.78, 5) is 11.5. The molecule has 0 saturated heterocycles. The quantitative estimate of drug-likeness (QED) is 0.555. The second-order valence-corrected chi connectivity index (χ2v) is 6.26. The van der Waals surface area contributed by atoms with E-state index in [4.69, 9.17) is 14.2 Å². The normalized spacial score (nSPS) is 11.0. The van der Waals surface area contributed by atoms with Crippen LogP contribution < -0.4 is 9.47 Å². The molecular weight excluding hydrogens is 268 g/mol. The Kier molecular flexibility index (Phi) is 7.27. The largest absolute Gasteiger partial charge is 0.514 e. The van der Waals surface area contributed by atoms with E-state index in [1.54, 1.807) is 39.0 Å². The lowest BCUT2D eigenvalue weighted by Gasteiger charge is -2.22. The Balaban J connectivity index is 0.00000191. The Morgan fingerprint density at radius 3 is 1.90 bits per heavy atom. The second kappa shape index (κ2) is 7.91. The summed E-state index contributed by atoms with van der Waals surface area (Å²) in [6.45, 7) is 15.2. The summed E-state index contributed by atoms with van der Waals surface area (Å²) < 4.78 is 15.9. The van der Waals surface area contributed by atoms with Gasteiger partial charge in [0.2, 0.25) is 0 Å². The SMILES string of the molecule is CC.CC(C)(C)OC(=O)Oc1cccc(OC(C)(C)C)c1. The maximum Gasteiger partial charge on any atom is 0.514 e. The Hall–Kier alpha value is -1.71. The average Bonchev–Trinajstić information content (AvgIpc) is 2.26. The monoisotopic (exact) mass is 296 g/mol. The fourth-order valence-corrected chi connectivity index (χ4v) is 1.32. The Labute approximate surface area is 128 Å². The lowest BCUT2D eigenvalue weighted by atomic mass is 10.2. The summed E-state index contributed by atoms with van der Waals surface area (Å²) in [6, 6.07) is 6.92. The lowest BCUT2D eigenvalue weighted by molar-refractivity contribution is 0.0205. The summed E-state index contributed by atoms with van der Waals surface area (Å²) in [5, 5.41) is 0. The molecule has 21 heavy (non-hydrogen) atoms. The van der Waals surface area contributed by atoms with Gasteiger partial charge in [-0.2, -0.15) is 0 Å². The van der Waals surface area contributed by atoms with E-state index in [0.29, 0.717) is 11.5 Å². The molecule has 0 atom stereocenters. The van der Waals surface area contributed by atoms with Crippen LogP contribution in [0.25, 0.3) is 0 Å². The number of hydrogen-bond donors (Lipinski definition) is 0. The van der Waals surface area contributed by atoms with E-state index in [1.165, 1.54) is 0 Å². The second-order valence-electron chi connectivity index (χ2n) is 6.26. The van der Waals surface area contributed by atoms with Crippen molar-refractivity contribution < 1.29 is 19.0 Å². The van der Waals surface area contributed by atoms with E-state index in [0.717, 1.165) is 0 Å². The van der Waals surface area contributed by atoms with Crippen LogP contribution in [0.2, 0.25) is 0 Å². The third-order valence-corrected chi connectivity index (χ3v) is 1.82. The van der Waals surface area contributed by atoms with Gasteiger partial charge in [0, 0.05) is 6.07 Å². The van der Waals surface area contributed by atoms with Gasteiger partial charge in [0.25, 0.3) is 0 Å². The number of hydrogen-bond acceptors (Lipinski definition) is 4. The van der Waals surface area contributed by atoms with Crippen molar-refractivity contribution in [2.45, 2.75) is 66.6 Å². The highest BCUT2D eigenvalue weighted by Gasteiger charge is 2.18. The third kappa shape index (κ3) is 9.77. The van der Waals surface area contributed by atoms with Gasteiger partial charge >= 0.3 is 6.16 Å². The molecule has 4 heteroatoms. The number of carbonyl (C=O) groups excluding carboxylic acids is 1.